The van der Waals surface area contributed by atoms with Crippen LogP contribution in [0.4, 0.5) is 10.1 Å². The average Bonchev–Trinajstić information content (AvgIpc) is 3.20. The Bertz CT molecular complexity index is 556. The van der Waals surface area contributed by atoms with Crippen molar-refractivity contribution in [1.82, 2.24) is 0 Å². The van der Waals surface area contributed by atoms with Crippen LogP contribution in [0.2, 0.25) is 0 Å². The lowest BCUT2D eigenvalue weighted by Crippen LogP contribution is -1.95. The first-order chi connectivity index (χ1) is 8.79. The van der Waals surface area contributed by atoms with Gasteiger partial charge in [-0.2, -0.15) is 0 Å². The van der Waals surface area contributed by atoms with E-state index in [9.17, 15) is 4.39 Å². The van der Waals surface area contributed by atoms with E-state index in [0.29, 0.717) is 5.75 Å². The van der Waals surface area contributed by atoms with Gasteiger partial charge in [-0.05, 0) is 29.8 Å². The minimum Gasteiger partial charge on any atom is -0.494 e. The van der Waals surface area contributed by atoms with Crippen molar-refractivity contribution in [2.24, 2.45) is 0 Å². The zero-order valence-electron chi connectivity index (χ0n) is 10.1. The van der Waals surface area contributed by atoms with Crippen LogP contribution in [0.3, 0.4) is 0 Å². The molecule has 0 N–H and O–H groups in total. The summed E-state index contributed by atoms with van der Waals surface area (Å²) in [5, 5.41) is 0. The van der Waals surface area contributed by atoms with Gasteiger partial charge in [-0.1, -0.05) is 24.3 Å². The van der Waals surface area contributed by atoms with E-state index >= 15 is 0 Å². The second-order valence-electron chi connectivity index (χ2n) is 4.40. The normalized spacial score (nSPS) is 17.7. The van der Waals surface area contributed by atoms with E-state index in [4.69, 9.17) is 4.74 Å². The molecule has 1 saturated heterocycles. The van der Waals surface area contributed by atoms with E-state index in [-0.39, 0.29) is 11.9 Å². The summed E-state index contributed by atoms with van der Waals surface area (Å²) < 4.78 is 18.5. The van der Waals surface area contributed by atoms with E-state index in [1.807, 2.05) is 24.3 Å². The molecule has 2 aromatic carbocycles. The molecular formula is C15H14FNO. The minimum absolute atomic E-state index is 0.285. The van der Waals surface area contributed by atoms with E-state index < -0.39 is 0 Å². The van der Waals surface area contributed by atoms with Crippen molar-refractivity contribution in [1.29, 1.82) is 0 Å². The third-order valence-electron chi connectivity index (χ3n) is 3.26. The van der Waals surface area contributed by atoms with E-state index in [2.05, 4.69) is 17.0 Å². The first kappa shape index (κ1) is 11.1. The Kier molecular flexibility index (Phi) is 2.67. The fourth-order valence-corrected chi connectivity index (χ4v) is 2.22. The molecule has 0 saturated carbocycles. The van der Waals surface area contributed by atoms with Crippen LogP contribution in [0, 0.1) is 5.82 Å². The van der Waals surface area contributed by atoms with Gasteiger partial charge < -0.3 is 9.64 Å². The van der Waals surface area contributed by atoms with Gasteiger partial charge in [0.2, 0.25) is 0 Å². The molecule has 1 atom stereocenters. The van der Waals surface area contributed by atoms with Gasteiger partial charge in [-0.3, -0.25) is 0 Å². The number of para-hydroxylation sites is 1. The molecule has 3 rings (SSSR count). The van der Waals surface area contributed by atoms with Gasteiger partial charge in [0.05, 0.1) is 13.2 Å². The Morgan fingerprint density at radius 2 is 1.94 bits per heavy atom. The molecule has 0 radical (unpaired) electrons. The Morgan fingerprint density at radius 1 is 1.17 bits per heavy atom. The number of methoxy groups -OCH3 is 1. The maximum atomic E-state index is 13.6. The highest BCUT2D eigenvalue weighted by atomic mass is 19.1. The Labute approximate surface area is 106 Å². The van der Waals surface area contributed by atoms with E-state index in [1.54, 1.807) is 12.1 Å². The van der Waals surface area contributed by atoms with Gasteiger partial charge in [0.25, 0.3) is 0 Å². The first-order valence-corrected chi connectivity index (χ1v) is 5.95. The van der Waals surface area contributed by atoms with E-state index in [1.165, 1.54) is 12.8 Å². The standard InChI is InChI=1S/C15H14FNO/c1-18-15-8-7-11(9-13(15)16)14-10-17(14)12-5-3-2-4-6-12/h2-9,14H,10H2,1H3. The molecule has 92 valence electrons. The molecule has 1 aliphatic rings. The predicted octanol–water partition coefficient (Wildman–Crippen LogP) is 3.40. The van der Waals surface area contributed by atoms with Crippen molar-refractivity contribution < 1.29 is 9.13 Å². The third kappa shape index (κ3) is 1.92. The lowest BCUT2D eigenvalue weighted by atomic mass is 10.1. The molecule has 1 heterocycles. The van der Waals surface area contributed by atoms with Crippen LogP contribution in [0.25, 0.3) is 0 Å². The largest absolute Gasteiger partial charge is 0.494 e. The van der Waals surface area contributed by atoms with Crippen LogP contribution >= 0.6 is 0 Å². The van der Waals surface area contributed by atoms with Crippen LogP contribution in [-0.2, 0) is 0 Å². The molecule has 0 aromatic heterocycles. The first-order valence-electron chi connectivity index (χ1n) is 5.95. The molecule has 0 amide bonds. The fraction of sp³-hybridized carbons (Fsp3) is 0.200. The maximum absolute atomic E-state index is 13.6. The van der Waals surface area contributed by atoms with Crippen LogP contribution in [0.15, 0.2) is 48.5 Å². The lowest BCUT2D eigenvalue weighted by Gasteiger charge is -2.07. The number of rotatable bonds is 3. The lowest BCUT2D eigenvalue weighted by molar-refractivity contribution is 0.386. The summed E-state index contributed by atoms with van der Waals surface area (Å²) >= 11 is 0. The summed E-state index contributed by atoms with van der Waals surface area (Å²) in [7, 11) is 1.48. The quantitative estimate of drug-likeness (QED) is 0.766. The van der Waals surface area contributed by atoms with Crippen LogP contribution in [0.1, 0.15) is 11.6 Å². The van der Waals surface area contributed by atoms with Crippen molar-refractivity contribution in [2.45, 2.75) is 6.04 Å². The second-order valence-corrected chi connectivity index (χ2v) is 4.40. The molecule has 0 spiro atoms. The summed E-state index contributed by atoms with van der Waals surface area (Å²) in [4.78, 5) is 2.24. The number of halogens is 1. The average molecular weight is 243 g/mol. The Balaban J connectivity index is 1.80. The summed E-state index contributed by atoms with van der Waals surface area (Å²) in [5.74, 6) is 0.000530. The summed E-state index contributed by atoms with van der Waals surface area (Å²) in [5.41, 5.74) is 2.18. The molecule has 1 aliphatic heterocycles. The highest BCUT2D eigenvalue weighted by Gasteiger charge is 2.35. The van der Waals surface area contributed by atoms with Crippen LogP contribution < -0.4 is 9.64 Å². The minimum atomic E-state index is -0.296. The summed E-state index contributed by atoms with van der Waals surface area (Å²) in [6.45, 7) is 0.940. The van der Waals surface area contributed by atoms with Gasteiger partial charge in [-0.25, -0.2) is 4.39 Å². The number of hydrogen-bond acceptors (Lipinski definition) is 2. The van der Waals surface area contributed by atoms with Crippen molar-refractivity contribution in [3.05, 3.63) is 59.9 Å². The molecule has 2 aromatic rings. The molecule has 0 bridgehead atoms. The topological polar surface area (TPSA) is 12.2 Å². The molecule has 2 nitrogen and oxygen atoms in total. The maximum Gasteiger partial charge on any atom is 0.165 e. The monoisotopic (exact) mass is 243 g/mol. The smallest absolute Gasteiger partial charge is 0.165 e. The van der Waals surface area contributed by atoms with Crippen LogP contribution in [0.5, 0.6) is 5.75 Å². The molecule has 1 fully saturated rings. The number of nitrogens with zero attached hydrogens (tertiary/aromatic N) is 1. The fourth-order valence-electron chi connectivity index (χ4n) is 2.22. The highest BCUT2D eigenvalue weighted by Crippen LogP contribution is 2.40. The predicted molar refractivity (Wildman–Crippen MR) is 69.5 cm³/mol. The van der Waals surface area contributed by atoms with Crippen molar-refractivity contribution in [3.63, 3.8) is 0 Å². The van der Waals surface area contributed by atoms with Crippen molar-refractivity contribution >= 4 is 5.69 Å². The van der Waals surface area contributed by atoms with E-state index in [0.717, 1.165) is 12.1 Å². The zero-order chi connectivity index (χ0) is 12.5. The molecule has 18 heavy (non-hydrogen) atoms. The van der Waals surface area contributed by atoms with Gasteiger partial charge in [0.1, 0.15) is 0 Å². The summed E-state index contributed by atoms with van der Waals surface area (Å²) in [6, 6.07) is 15.6. The number of anilines is 1. The number of ether oxygens (including phenoxy) is 1. The van der Waals surface area contributed by atoms with Crippen molar-refractivity contribution in [2.75, 3.05) is 18.6 Å². The van der Waals surface area contributed by atoms with Crippen LogP contribution in [-0.4, -0.2) is 13.7 Å². The second kappa shape index (κ2) is 4.33. The molecule has 0 aliphatic carbocycles. The van der Waals surface area contributed by atoms with Crippen molar-refractivity contribution in [3.8, 4) is 5.75 Å². The van der Waals surface area contributed by atoms with Gasteiger partial charge in [0, 0.05) is 12.2 Å². The zero-order valence-corrected chi connectivity index (χ0v) is 10.1. The van der Waals surface area contributed by atoms with Gasteiger partial charge >= 0.3 is 0 Å². The Hall–Kier alpha value is -2.03. The molecule has 1 unspecified atom stereocenters. The molecular weight excluding hydrogens is 229 g/mol. The van der Waals surface area contributed by atoms with Gasteiger partial charge in [0.15, 0.2) is 11.6 Å². The number of benzene rings is 2. The molecule has 3 heteroatoms. The summed E-state index contributed by atoms with van der Waals surface area (Å²) in [6.07, 6.45) is 0. The van der Waals surface area contributed by atoms with Gasteiger partial charge in [-0.15, -0.1) is 0 Å². The SMILES string of the molecule is COc1ccc(C2CN2c2ccccc2)cc1F. The Morgan fingerprint density at radius 3 is 2.61 bits per heavy atom. The number of hydrogen-bond donors (Lipinski definition) is 0. The third-order valence-corrected chi connectivity index (χ3v) is 3.26. The highest BCUT2D eigenvalue weighted by molar-refractivity contribution is 5.56.